The minimum Gasteiger partial charge on any atom is -0.311 e. The molecule has 716 valence electrons. The van der Waals surface area contributed by atoms with Crippen LogP contribution in [-0.2, 0) is 86.6 Å². The van der Waals surface area contributed by atoms with E-state index in [1.807, 2.05) is 11.3 Å². The first-order valence-corrected chi connectivity index (χ1v) is 55.0. The van der Waals surface area contributed by atoms with Gasteiger partial charge in [0.15, 0.2) is 0 Å². The summed E-state index contributed by atoms with van der Waals surface area (Å²) < 4.78 is 4.20. The predicted molar refractivity (Wildman–Crippen MR) is 599 cm³/mol. The van der Waals surface area contributed by atoms with Gasteiger partial charge in [0.2, 0.25) is 0 Å². The fourth-order valence-electron chi connectivity index (χ4n) is 27.6. The van der Waals surface area contributed by atoms with Gasteiger partial charge in [0.1, 0.15) is 0 Å². The summed E-state index contributed by atoms with van der Waals surface area (Å²) in [5.74, 6) is 0. The summed E-state index contributed by atoms with van der Waals surface area (Å²) in [6, 6.07) is 64.4. The van der Waals surface area contributed by atoms with Gasteiger partial charge in [0, 0.05) is 97.2 Å². The molecule has 137 heavy (non-hydrogen) atoms. The molecule has 0 N–H and O–H groups in total. The summed E-state index contributed by atoms with van der Waals surface area (Å²) in [4.78, 5) is 10.4. The molecule has 4 heterocycles. The topological polar surface area (TPSA) is 13.0 Å². The number of benzene rings is 10. The summed E-state index contributed by atoms with van der Waals surface area (Å²) in [5, 5.41) is 6.62. The summed E-state index contributed by atoms with van der Waals surface area (Å²) in [5.41, 5.74) is 42.5. The van der Waals surface area contributed by atoms with Crippen LogP contribution in [0, 0.1) is 0 Å². The van der Waals surface area contributed by atoms with E-state index in [1.165, 1.54) is 265 Å². The molecule has 10 aliphatic rings. The Bertz CT molecular complexity index is 6980. The zero-order valence-electron chi connectivity index (χ0n) is 89.3. The molecule has 0 spiro atoms. The number of halogens is 2. The lowest BCUT2D eigenvalue weighted by molar-refractivity contribution is 0.332. The van der Waals surface area contributed by atoms with Crippen molar-refractivity contribution in [2.24, 2.45) is 0 Å². The summed E-state index contributed by atoms with van der Waals surface area (Å²) in [7, 11) is 0. The molecule has 0 unspecified atom stereocenters. The van der Waals surface area contributed by atoms with Crippen molar-refractivity contribution in [1.82, 2.24) is 0 Å². The molecule has 0 bridgehead atoms. The minimum absolute atomic E-state index is 0.0346. The Hall–Kier alpha value is -8.04. The van der Waals surface area contributed by atoms with E-state index in [-0.39, 0.29) is 93.4 Å². The Balaban J connectivity index is 0.000000164. The highest BCUT2D eigenvalue weighted by atomic mass is 35.5. The smallest absolute Gasteiger partial charge is 0.264 e. The number of nitrogens with zero attached hydrogens (tertiary/aromatic N) is 4. The molecule has 0 atom stereocenters. The molecular formula is C128H155BCl2N4S2. The van der Waals surface area contributed by atoms with Crippen molar-refractivity contribution in [3.8, 4) is 0 Å². The van der Waals surface area contributed by atoms with E-state index in [1.54, 1.807) is 0 Å². The molecule has 22 rings (SSSR count). The van der Waals surface area contributed by atoms with Crippen LogP contribution in [0.2, 0.25) is 10.0 Å². The van der Waals surface area contributed by atoms with Crippen molar-refractivity contribution in [3.05, 3.63) is 262 Å². The average molecular weight is 1900 g/mol. The molecule has 10 aromatic carbocycles. The first-order valence-electron chi connectivity index (χ1n) is 52.5. The van der Waals surface area contributed by atoms with Gasteiger partial charge in [-0.05, 0) is 411 Å². The van der Waals surface area contributed by atoms with Gasteiger partial charge in [0.05, 0.1) is 11.4 Å². The summed E-state index contributed by atoms with van der Waals surface area (Å²) in [6.45, 7) is 78.7. The molecule has 12 aromatic rings. The lowest BCUT2D eigenvalue weighted by Gasteiger charge is -2.47. The highest BCUT2D eigenvalue weighted by Crippen LogP contribution is 2.62. The number of anilines is 12. The standard InChI is InChI=1S/C64H76BClN2S.C64H79ClN2S/c1-57(2)21-23-59(5,6)43-31-38(17-19-41(43)57)67-50-35-47-46(62(11,12)26-27-63(47,13)14)34-49(50)65-54-51(67)29-37(66)30-52(54)68(39-18-20-42-44(32-39)60(7,8)24-22-58(42,3)4)55-40-33-45-48(36-53(40)69-56(55)65)64(15,16)28-25-61(45,9)10;1-57(2)23-26-60(7,8)50-34-41(17-20-47(50)57)66(42-18-21-48-51(35-42)61(9,10)27-24-58(48,3)4)44-31-40(65)32-45(33-44)67(43-19-22-49-52(36-43)62(11,12)28-25-59(49,5)6)55-39-68-56-38-54-53(37-46(55)56)63(13,14)29-30-64(54,15)16/h17-20,29-36H,21-28H2,1-16H3;17-22,31-39H,23-30H2,1-16H3. The van der Waals surface area contributed by atoms with Crippen LogP contribution in [-0.4, -0.2) is 6.71 Å². The molecule has 2 aromatic heterocycles. The number of fused-ring (bicyclic) bond motifs is 15. The van der Waals surface area contributed by atoms with Gasteiger partial charge < -0.3 is 19.6 Å². The van der Waals surface area contributed by atoms with Gasteiger partial charge in [-0.1, -0.05) is 281 Å². The molecule has 9 heteroatoms. The number of rotatable bonds is 8. The maximum atomic E-state index is 7.69. The van der Waals surface area contributed by atoms with E-state index in [9.17, 15) is 0 Å². The third kappa shape index (κ3) is 15.2. The normalized spacial score (nSPS) is 22.4. The van der Waals surface area contributed by atoms with Crippen molar-refractivity contribution in [2.45, 2.75) is 411 Å². The summed E-state index contributed by atoms with van der Waals surface area (Å²) in [6.07, 6.45) is 18.9. The van der Waals surface area contributed by atoms with Crippen molar-refractivity contribution >= 4 is 157 Å². The SMILES string of the molecule is CC1(C)CCC(C)(C)c2cc(N(c3cc(Cl)cc(N(c4ccc5c(c4)C(C)(C)CCC5(C)C)c4csc5cc6c(cc45)C(C)(C)CCC6(C)C)c3)c3ccc4c(c3)C(C)(C)CCC4(C)C)ccc21.CC1(C)CCC(C)(C)c2cc(N3c4cc5c(cc4B4c6sc7cc8c(cc7c6N(c6ccc7c(c6)C(C)(C)CCC7(C)C)c6cc(Cl)cc3c64)C(C)(C)CCC8(C)C)C(C)(C)CCC5(C)C)ccc21. The summed E-state index contributed by atoms with van der Waals surface area (Å²) >= 11 is 19.2. The Labute approximate surface area is 842 Å². The van der Waals surface area contributed by atoms with Crippen molar-refractivity contribution in [3.63, 3.8) is 0 Å². The van der Waals surface area contributed by atoms with Crippen molar-refractivity contribution < 1.29 is 0 Å². The molecule has 0 amide bonds. The first-order chi connectivity index (χ1) is 63.5. The molecule has 2 aliphatic heterocycles. The van der Waals surface area contributed by atoms with Crippen LogP contribution in [0.1, 0.15) is 413 Å². The Morgan fingerprint density at radius 2 is 0.533 bits per heavy atom. The molecule has 8 aliphatic carbocycles. The zero-order chi connectivity index (χ0) is 98.1. The van der Waals surface area contributed by atoms with E-state index in [0.29, 0.717) is 0 Å². The molecule has 4 nitrogen and oxygen atoms in total. The number of thiophene rings is 2. The highest BCUT2D eigenvalue weighted by Gasteiger charge is 2.53. The lowest BCUT2D eigenvalue weighted by Crippen LogP contribution is -2.61. The second-order valence-corrected chi connectivity index (χ2v) is 58.1. The van der Waals surface area contributed by atoms with Crippen molar-refractivity contribution in [2.75, 3.05) is 19.6 Å². The van der Waals surface area contributed by atoms with Crippen molar-refractivity contribution in [1.29, 1.82) is 0 Å². The van der Waals surface area contributed by atoms with Crippen LogP contribution in [0.3, 0.4) is 0 Å². The lowest BCUT2D eigenvalue weighted by atomic mass is 9.35. The van der Waals surface area contributed by atoms with Crippen LogP contribution in [0.5, 0.6) is 0 Å². The molecular weight excluding hydrogens is 1740 g/mol. The van der Waals surface area contributed by atoms with E-state index in [2.05, 4.69) is 416 Å². The Morgan fingerprint density at radius 1 is 0.248 bits per heavy atom. The molecule has 0 fully saturated rings. The molecule has 0 radical (unpaired) electrons. The van der Waals surface area contributed by atoms with Gasteiger partial charge >= 0.3 is 0 Å². The Morgan fingerprint density at radius 3 is 0.920 bits per heavy atom. The van der Waals surface area contributed by atoms with Gasteiger partial charge in [-0.2, -0.15) is 0 Å². The Kier molecular flexibility index (Phi) is 21.4. The van der Waals surface area contributed by atoms with Gasteiger partial charge in [-0.3, -0.25) is 0 Å². The van der Waals surface area contributed by atoms with E-state index in [0.717, 1.165) is 40.7 Å². The second kappa shape index (κ2) is 30.8. The van der Waals surface area contributed by atoms with Crippen LogP contribution in [0.25, 0.3) is 20.2 Å². The second-order valence-electron chi connectivity index (χ2n) is 55.3. The fraction of sp³-hybridized carbons (Fsp3) is 0.500. The van der Waals surface area contributed by atoms with E-state index >= 15 is 0 Å². The van der Waals surface area contributed by atoms with Crippen LogP contribution >= 0.6 is 45.9 Å². The number of hydrogen-bond donors (Lipinski definition) is 0. The molecule has 0 saturated heterocycles. The van der Waals surface area contributed by atoms with Gasteiger partial charge in [0.25, 0.3) is 6.71 Å². The van der Waals surface area contributed by atoms with E-state index in [4.69, 9.17) is 23.2 Å². The maximum absolute atomic E-state index is 7.69. The zero-order valence-corrected chi connectivity index (χ0v) is 92.5. The predicted octanol–water partition coefficient (Wildman–Crippen LogP) is 36.9. The van der Waals surface area contributed by atoms with Crippen LogP contribution in [0.4, 0.5) is 68.2 Å². The monoisotopic (exact) mass is 1890 g/mol. The maximum Gasteiger partial charge on any atom is 0.264 e. The number of hydrogen-bond acceptors (Lipinski definition) is 6. The third-order valence-electron chi connectivity index (χ3n) is 38.2. The average Bonchev–Trinajstić information content (AvgIpc) is 1.57. The third-order valence-corrected chi connectivity index (χ3v) is 40.8. The highest BCUT2D eigenvalue weighted by molar-refractivity contribution is 7.33. The largest absolute Gasteiger partial charge is 0.311 e. The van der Waals surface area contributed by atoms with Crippen LogP contribution < -0.4 is 35.3 Å². The molecule has 0 saturated carbocycles. The quantitative estimate of drug-likeness (QED) is 0.141. The van der Waals surface area contributed by atoms with Gasteiger partial charge in [-0.25, -0.2) is 0 Å². The van der Waals surface area contributed by atoms with Crippen LogP contribution in [0.15, 0.2) is 163 Å². The fourth-order valence-corrected chi connectivity index (χ4v) is 30.3. The minimum atomic E-state index is 0.0346. The first kappa shape index (κ1) is 95.2. The van der Waals surface area contributed by atoms with Gasteiger partial charge in [-0.15, -0.1) is 22.7 Å². The van der Waals surface area contributed by atoms with E-state index < -0.39 is 0 Å².